The molecule has 4 aromatic rings. The second-order valence-corrected chi connectivity index (χ2v) is 14.6. The quantitative estimate of drug-likeness (QED) is 0.112. The Morgan fingerprint density at radius 3 is 2.37 bits per heavy atom. The first-order chi connectivity index (χ1) is 24.3. The van der Waals surface area contributed by atoms with Crippen molar-refractivity contribution in [2.45, 2.75) is 67.5 Å². The summed E-state index contributed by atoms with van der Waals surface area (Å²) in [6.45, 7) is -0.812. The SMILES string of the molecule is NC(=O)c1cc(-c2ccc(C#CC3(O)CC(F)(P)C3)nc2[C@H](Cc2cc(F)cc(F)c2)NC(=O)Cn2nc(C(F)P)c3c2C(F)(F)CC3)ccc1F. The van der Waals surface area contributed by atoms with Gasteiger partial charge >= 0.3 is 0 Å². The van der Waals surface area contributed by atoms with Crippen LogP contribution in [0, 0.1) is 29.3 Å². The summed E-state index contributed by atoms with van der Waals surface area (Å²) in [5.41, 5.74) is 2.68. The number of rotatable bonds is 9. The van der Waals surface area contributed by atoms with Crippen molar-refractivity contribution in [1.82, 2.24) is 20.1 Å². The average molecular weight is 764 g/mol. The fourth-order valence-electron chi connectivity index (χ4n) is 6.59. The van der Waals surface area contributed by atoms with Crippen LogP contribution in [0.5, 0.6) is 0 Å². The number of halogens is 7. The average Bonchev–Trinajstić information content (AvgIpc) is 3.55. The lowest BCUT2D eigenvalue weighted by molar-refractivity contribution is -0.122. The van der Waals surface area contributed by atoms with E-state index in [4.69, 9.17) is 5.73 Å². The molecule has 0 radical (unpaired) electrons. The van der Waals surface area contributed by atoms with Gasteiger partial charge in [0.1, 0.15) is 52.1 Å². The van der Waals surface area contributed by atoms with Gasteiger partial charge in [0.25, 0.3) is 11.8 Å². The van der Waals surface area contributed by atoms with Gasteiger partial charge in [0, 0.05) is 36.5 Å². The molecule has 0 spiro atoms. The van der Waals surface area contributed by atoms with Crippen LogP contribution in [-0.2, 0) is 30.1 Å². The van der Waals surface area contributed by atoms with Gasteiger partial charge in [-0.3, -0.25) is 14.3 Å². The Bertz CT molecular complexity index is 2140. The summed E-state index contributed by atoms with van der Waals surface area (Å²) in [6.07, 6.45) is -1.71. The molecule has 2 aliphatic carbocycles. The van der Waals surface area contributed by atoms with Crippen LogP contribution in [0.15, 0.2) is 48.5 Å². The van der Waals surface area contributed by atoms with E-state index in [0.717, 1.165) is 24.3 Å². The van der Waals surface area contributed by atoms with E-state index in [0.29, 0.717) is 10.7 Å². The van der Waals surface area contributed by atoms with E-state index in [1.165, 1.54) is 18.2 Å². The van der Waals surface area contributed by atoms with Crippen LogP contribution >= 0.6 is 18.5 Å². The standard InChI is InChI=1S/C35H30F7N5O3P2/c36-19-9-17(10-20(37)13-19)11-26(45-27(48)14-47-30-23(6-8-35(30,41)42)29(46-47)31(39)51)28-22(18-1-4-25(38)24(12-18)32(43)49)3-2-21(44-28)5-7-33(50)15-34(40,52)16-33/h1-4,9-10,12-13,26,31,50H,6,8,11,14-16,51-52H2,(H2,43,49)(H,45,48)/t26-,31?,33?,34?/m0/s1. The number of primary amides is 1. The molecule has 17 heteroatoms. The Kier molecular flexibility index (Phi) is 9.98. The van der Waals surface area contributed by atoms with Crippen molar-refractivity contribution in [3.05, 3.63) is 105 Å². The molecule has 1 saturated carbocycles. The van der Waals surface area contributed by atoms with Crippen LogP contribution in [-0.4, -0.2) is 42.7 Å². The number of benzene rings is 2. The zero-order valence-corrected chi connectivity index (χ0v) is 29.3. The normalized spacial score (nSPS) is 21.3. The van der Waals surface area contributed by atoms with Gasteiger partial charge in [-0.15, -0.1) is 0 Å². The summed E-state index contributed by atoms with van der Waals surface area (Å²) >= 11 is 0. The Morgan fingerprint density at radius 1 is 1.04 bits per heavy atom. The van der Waals surface area contributed by atoms with E-state index in [2.05, 4.69) is 27.2 Å². The molecule has 0 saturated heterocycles. The van der Waals surface area contributed by atoms with Gasteiger partial charge in [-0.1, -0.05) is 30.5 Å². The lowest BCUT2D eigenvalue weighted by atomic mass is 9.78. The Balaban J connectivity index is 1.45. The molecule has 0 bridgehead atoms. The molecule has 3 unspecified atom stereocenters. The summed E-state index contributed by atoms with van der Waals surface area (Å²) in [6, 6.07) is 7.56. The number of aliphatic hydroxyl groups is 1. The van der Waals surface area contributed by atoms with E-state index in [-0.39, 0.29) is 65.0 Å². The number of hydrogen-bond donors (Lipinski definition) is 3. The van der Waals surface area contributed by atoms with Gasteiger partial charge in [0.05, 0.1) is 17.3 Å². The molecule has 52 heavy (non-hydrogen) atoms. The molecule has 2 aromatic heterocycles. The van der Waals surface area contributed by atoms with Crippen molar-refractivity contribution in [2.24, 2.45) is 5.73 Å². The molecule has 4 atom stereocenters. The van der Waals surface area contributed by atoms with Gasteiger partial charge in [-0.25, -0.2) is 26.9 Å². The number of nitrogens with two attached hydrogens (primary N) is 1. The highest BCUT2D eigenvalue weighted by atomic mass is 31.0. The minimum atomic E-state index is -3.40. The second kappa shape index (κ2) is 13.9. The fraction of sp³-hybridized carbons (Fsp3) is 0.314. The molecular weight excluding hydrogens is 733 g/mol. The van der Waals surface area contributed by atoms with E-state index >= 15 is 0 Å². The number of nitrogens with zero attached hydrogens (tertiary/aromatic N) is 3. The first-order valence-corrected chi connectivity index (χ1v) is 17.0. The number of carbonyl (C=O) groups excluding carboxylic acids is 2. The number of nitrogens with one attached hydrogen (secondary N) is 1. The highest BCUT2D eigenvalue weighted by molar-refractivity contribution is 7.18. The van der Waals surface area contributed by atoms with Crippen molar-refractivity contribution in [3.63, 3.8) is 0 Å². The third kappa shape index (κ3) is 7.85. The number of carbonyl (C=O) groups is 2. The van der Waals surface area contributed by atoms with E-state index in [1.54, 1.807) is 0 Å². The van der Waals surface area contributed by atoms with E-state index in [9.17, 15) is 45.4 Å². The summed E-state index contributed by atoms with van der Waals surface area (Å²) < 4.78 is 102. The monoisotopic (exact) mass is 763 g/mol. The number of alkyl halides is 4. The number of pyridine rings is 1. The van der Waals surface area contributed by atoms with E-state index < -0.39 is 82.4 Å². The van der Waals surface area contributed by atoms with Crippen LogP contribution in [0.2, 0.25) is 0 Å². The predicted molar refractivity (Wildman–Crippen MR) is 182 cm³/mol. The van der Waals surface area contributed by atoms with Crippen LogP contribution in [0.4, 0.5) is 30.7 Å². The van der Waals surface area contributed by atoms with Gasteiger partial charge in [-0.05, 0) is 66.3 Å². The van der Waals surface area contributed by atoms with Crippen molar-refractivity contribution in [2.75, 3.05) is 0 Å². The molecule has 1 fully saturated rings. The molecular formula is C35H30F7N5O3P2. The maximum absolute atomic E-state index is 14.9. The molecule has 6 rings (SSSR count). The summed E-state index contributed by atoms with van der Waals surface area (Å²) in [5.74, 6) is -4.75. The van der Waals surface area contributed by atoms with Gasteiger partial charge in [0.15, 0.2) is 5.91 Å². The fourth-order valence-corrected chi connectivity index (χ4v) is 7.53. The van der Waals surface area contributed by atoms with Crippen LogP contribution in [0.1, 0.15) is 75.5 Å². The molecule has 2 amide bonds. The first-order valence-electron chi connectivity index (χ1n) is 15.8. The van der Waals surface area contributed by atoms with Gasteiger partial charge < -0.3 is 16.2 Å². The van der Waals surface area contributed by atoms with Crippen molar-refractivity contribution < 1.29 is 45.4 Å². The highest BCUT2D eigenvalue weighted by Gasteiger charge is 2.51. The number of hydrogen-bond acceptors (Lipinski definition) is 5. The largest absolute Gasteiger partial charge is 0.377 e. The van der Waals surface area contributed by atoms with Crippen LogP contribution in [0.25, 0.3) is 11.1 Å². The number of amides is 2. The molecule has 2 aliphatic rings. The number of aromatic nitrogens is 3. The summed E-state index contributed by atoms with van der Waals surface area (Å²) in [7, 11) is 3.83. The summed E-state index contributed by atoms with van der Waals surface area (Å²) in [4.78, 5) is 30.3. The number of fused-ring (bicyclic) bond motifs is 1. The van der Waals surface area contributed by atoms with Crippen molar-refractivity contribution >= 4 is 30.3 Å². The summed E-state index contributed by atoms with van der Waals surface area (Å²) in [5, 5.41) is 15.5. The smallest absolute Gasteiger partial charge is 0.290 e. The molecule has 272 valence electrons. The third-order valence-electron chi connectivity index (χ3n) is 8.76. The topological polar surface area (TPSA) is 123 Å². The zero-order valence-electron chi connectivity index (χ0n) is 27.0. The van der Waals surface area contributed by atoms with Crippen LogP contribution in [0.3, 0.4) is 0 Å². The molecule has 8 nitrogen and oxygen atoms in total. The lowest BCUT2D eigenvalue weighted by Gasteiger charge is -2.42. The molecule has 2 heterocycles. The maximum atomic E-state index is 14.9. The Hall–Kier alpha value is -4.37. The Morgan fingerprint density at radius 2 is 1.73 bits per heavy atom. The van der Waals surface area contributed by atoms with Crippen molar-refractivity contribution in [1.29, 1.82) is 0 Å². The lowest BCUT2D eigenvalue weighted by Crippen LogP contribution is -2.49. The van der Waals surface area contributed by atoms with Crippen LogP contribution < -0.4 is 11.1 Å². The zero-order chi connectivity index (χ0) is 37.7. The maximum Gasteiger partial charge on any atom is 0.290 e. The van der Waals surface area contributed by atoms with Gasteiger partial charge in [-0.2, -0.15) is 13.9 Å². The Labute approximate surface area is 297 Å². The first kappa shape index (κ1) is 37.4. The second-order valence-electron chi connectivity index (χ2n) is 12.9. The molecule has 2 aromatic carbocycles. The van der Waals surface area contributed by atoms with Gasteiger partial charge in [0.2, 0.25) is 5.91 Å². The van der Waals surface area contributed by atoms with E-state index in [1.807, 2.05) is 18.5 Å². The molecule has 0 aliphatic heterocycles. The molecule has 4 N–H and O–H groups in total. The minimum absolute atomic E-state index is 0.00203. The highest BCUT2D eigenvalue weighted by Crippen LogP contribution is 2.49. The predicted octanol–water partition coefficient (Wildman–Crippen LogP) is 5.86. The minimum Gasteiger partial charge on any atom is -0.377 e. The van der Waals surface area contributed by atoms with Crippen molar-refractivity contribution in [3.8, 4) is 23.0 Å². The third-order valence-corrected chi connectivity index (χ3v) is 9.49.